The third-order valence-corrected chi connectivity index (χ3v) is 9.22. The van der Waals surface area contributed by atoms with E-state index in [1.165, 1.54) is 29.5 Å². The maximum Gasteiger partial charge on any atom is 0.119 e. The number of hydrogen-bond acceptors (Lipinski definition) is 6. The zero-order chi connectivity index (χ0) is 37.6. The van der Waals surface area contributed by atoms with E-state index in [4.69, 9.17) is 14.2 Å². The van der Waals surface area contributed by atoms with Gasteiger partial charge in [0.25, 0.3) is 0 Å². The molecule has 0 bridgehead atoms. The van der Waals surface area contributed by atoms with Gasteiger partial charge in [0.05, 0.1) is 12.7 Å². The van der Waals surface area contributed by atoms with Gasteiger partial charge in [0.1, 0.15) is 42.3 Å². The number of aliphatic hydroxyl groups excluding tert-OH is 1. The Balaban J connectivity index is 0.000000239. The molecule has 6 nitrogen and oxygen atoms in total. The van der Waals surface area contributed by atoms with E-state index in [9.17, 15) is 15.3 Å². The minimum absolute atomic E-state index is 0.119. The zero-order valence-corrected chi connectivity index (χ0v) is 32.4. The van der Waals surface area contributed by atoms with Crippen molar-refractivity contribution in [3.63, 3.8) is 0 Å². The van der Waals surface area contributed by atoms with Gasteiger partial charge in [-0.05, 0) is 89.0 Å². The zero-order valence-electron chi connectivity index (χ0n) is 32.4. The van der Waals surface area contributed by atoms with Gasteiger partial charge in [-0.3, -0.25) is 0 Å². The summed E-state index contributed by atoms with van der Waals surface area (Å²) in [5.41, 5.74) is 4.41. The van der Waals surface area contributed by atoms with Gasteiger partial charge in [-0.15, -0.1) is 0 Å². The van der Waals surface area contributed by atoms with Crippen molar-refractivity contribution in [2.45, 2.75) is 105 Å². The highest BCUT2D eigenvalue weighted by Gasteiger charge is 2.25. The fraction of sp³-hybridized carbons (Fsp3) is 0.467. The first-order valence-electron chi connectivity index (χ1n) is 18.5. The molecule has 2 atom stereocenters. The van der Waals surface area contributed by atoms with E-state index in [0.717, 1.165) is 36.0 Å². The largest absolute Gasteiger partial charge is 0.508 e. The van der Waals surface area contributed by atoms with Crippen molar-refractivity contribution in [2.24, 2.45) is 11.8 Å². The summed E-state index contributed by atoms with van der Waals surface area (Å²) in [5.74, 6) is 3.56. The van der Waals surface area contributed by atoms with Crippen molar-refractivity contribution in [1.29, 1.82) is 0 Å². The molecular formula is C45H62O6. The monoisotopic (exact) mass is 698 g/mol. The first kappa shape index (κ1) is 41.4. The molecule has 0 aromatic heterocycles. The van der Waals surface area contributed by atoms with Crippen LogP contribution in [0, 0.1) is 11.8 Å². The molecule has 2 unspecified atom stereocenters. The highest BCUT2D eigenvalue weighted by Crippen LogP contribution is 2.34. The molecular weight excluding hydrogens is 636 g/mol. The Bertz CT molecular complexity index is 1530. The third-order valence-electron chi connectivity index (χ3n) is 9.22. The lowest BCUT2D eigenvalue weighted by Crippen LogP contribution is -2.20. The summed E-state index contributed by atoms with van der Waals surface area (Å²) in [6, 6.07) is 30.9. The fourth-order valence-electron chi connectivity index (χ4n) is 5.76. The van der Waals surface area contributed by atoms with Crippen LogP contribution < -0.4 is 9.47 Å². The van der Waals surface area contributed by atoms with Crippen molar-refractivity contribution < 1.29 is 29.5 Å². The number of ether oxygens (including phenoxy) is 3. The van der Waals surface area contributed by atoms with Crippen molar-refractivity contribution in [2.75, 3.05) is 19.8 Å². The normalized spacial score (nSPS) is 14.5. The van der Waals surface area contributed by atoms with Crippen LogP contribution in [-0.2, 0) is 15.6 Å². The summed E-state index contributed by atoms with van der Waals surface area (Å²) in [5, 5.41) is 28.8. The molecule has 3 N–H and O–H groups in total. The second-order valence-corrected chi connectivity index (χ2v) is 15.4. The molecule has 5 rings (SSSR count). The number of epoxide rings is 1. The summed E-state index contributed by atoms with van der Waals surface area (Å²) in [6.45, 7) is 21.3. The quantitative estimate of drug-likeness (QED) is 0.114. The Morgan fingerprint density at radius 2 is 1.00 bits per heavy atom. The number of phenolic OH excluding ortho intramolecular Hbond substituents is 2. The fourth-order valence-corrected chi connectivity index (χ4v) is 5.76. The van der Waals surface area contributed by atoms with Crippen LogP contribution in [0.1, 0.15) is 104 Å². The van der Waals surface area contributed by atoms with E-state index in [-0.39, 0.29) is 22.7 Å². The van der Waals surface area contributed by atoms with Crippen molar-refractivity contribution in [3.8, 4) is 23.0 Å². The summed E-state index contributed by atoms with van der Waals surface area (Å²) in [4.78, 5) is 0. The summed E-state index contributed by atoms with van der Waals surface area (Å²) < 4.78 is 16.5. The number of phenols is 2. The van der Waals surface area contributed by atoms with Crippen LogP contribution in [0.5, 0.6) is 23.0 Å². The maximum absolute atomic E-state index is 9.89. The second kappa shape index (κ2) is 19.6. The van der Waals surface area contributed by atoms with Gasteiger partial charge in [-0.1, -0.05) is 124 Å². The average Bonchev–Trinajstić information content (AvgIpc) is 3.92. The van der Waals surface area contributed by atoms with Crippen molar-refractivity contribution in [1.82, 2.24) is 0 Å². The van der Waals surface area contributed by atoms with Crippen LogP contribution in [0.3, 0.4) is 0 Å². The number of aromatic hydroxyl groups is 2. The minimum Gasteiger partial charge on any atom is -0.508 e. The highest BCUT2D eigenvalue weighted by atomic mass is 16.6. The van der Waals surface area contributed by atoms with Crippen LogP contribution in [0.15, 0.2) is 97.1 Å². The number of aliphatic hydroxyl groups is 1. The van der Waals surface area contributed by atoms with Crippen molar-refractivity contribution in [3.05, 3.63) is 119 Å². The molecule has 1 fully saturated rings. The summed E-state index contributed by atoms with van der Waals surface area (Å²) in [7, 11) is 0. The van der Waals surface area contributed by atoms with Gasteiger partial charge in [0.15, 0.2) is 0 Å². The summed E-state index contributed by atoms with van der Waals surface area (Å²) in [6.07, 6.45) is 3.29. The van der Waals surface area contributed by atoms with Gasteiger partial charge in [0, 0.05) is 10.8 Å². The lowest BCUT2D eigenvalue weighted by Gasteiger charge is -2.26. The van der Waals surface area contributed by atoms with Crippen LogP contribution in [0.4, 0.5) is 0 Å². The second-order valence-electron chi connectivity index (χ2n) is 15.4. The SMILES string of the molecule is CC(C)(c1ccc(O)cc1)c1ccc(OCC2CO2)cc1.CC(C)CC(O)COc1ccc(C(C)(C)c2ccc(O)cc2)cc1.CCCC(C)C. The lowest BCUT2D eigenvalue weighted by atomic mass is 9.78. The predicted octanol–water partition coefficient (Wildman–Crippen LogP) is 10.4. The topological polar surface area (TPSA) is 91.7 Å². The number of benzene rings is 4. The van der Waals surface area contributed by atoms with E-state index >= 15 is 0 Å². The van der Waals surface area contributed by atoms with Crippen LogP contribution >= 0.6 is 0 Å². The van der Waals surface area contributed by atoms with Gasteiger partial charge in [-0.2, -0.15) is 0 Å². The van der Waals surface area contributed by atoms with E-state index < -0.39 is 6.10 Å². The molecule has 278 valence electrons. The molecule has 51 heavy (non-hydrogen) atoms. The van der Waals surface area contributed by atoms with E-state index in [1.807, 2.05) is 48.5 Å². The lowest BCUT2D eigenvalue weighted by molar-refractivity contribution is 0.0892. The molecule has 1 heterocycles. The average molecular weight is 699 g/mol. The van der Waals surface area contributed by atoms with Gasteiger partial charge in [-0.25, -0.2) is 0 Å². The Kier molecular flexibility index (Phi) is 15.9. The Morgan fingerprint density at radius 3 is 1.31 bits per heavy atom. The first-order valence-corrected chi connectivity index (χ1v) is 18.5. The number of rotatable bonds is 14. The highest BCUT2D eigenvalue weighted by molar-refractivity contribution is 5.43. The third kappa shape index (κ3) is 13.9. The molecule has 4 aromatic rings. The number of hydrogen-bond donors (Lipinski definition) is 3. The predicted molar refractivity (Wildman–Crippen MR) is 209 cm³/mol. The van der Waals surface area contributed by atoms with Crippen LogP contribution in [0.2, 0.25) is 0 Å². The molecule has 0 amide bonds. The standard InChI is InChI=1S/C21H28O3.C18H20O3.C6H14/c1-15(2)13-19(23)14-24-20-11-7-17(8-12-20)21(3,4)16-5-9-18(22)10-6-16;1-18(2,13-3-7-15(19)8-4-13)14-5-9-16(10-6-14)20-11-17-12-21-17;1-4-5-6(2)3/h5-12,15,19,22-23H,13-14H2,1-4H3;3-10,17,19H,11-12H2,1-2H3;6H,4-5H2,1-3H3. The van der Waals surface area contributed by atoms with Crippen LogP contribution in [0.25, 0.3) is 0 Å². The smallest absolute Gasteiger partial charge is 0.119 e. The molecule has 1 saturated heterocycles. The molecule has 0 saturated carbocycles. The minimum atomic E-state index is -0.432. The summed E-state index contributed by atoms with van der Waals surface area (Å²) >= 11 is 0. The molecule has 6 heteroatoms. The van der Waals surface area contributed by atoms with Gasteiger partial charge >= 0.3 is 0 Å². The molecule has 0 spiro atoms. The van der Waals surface area contributed by atoms with Crippen LogP contribution in [-0.4, -0.2) is 47.3 Å². The maximum atomic E-state index is 9.89. The molecule has 1 aliphatic heterocycles. The molecule has 0 radical (unpaired) electrons. The molecule has 4 aromatic carbocycles. The Hall–Kier alpha value is -4.00. The van der Waals surface area contributed by atoms with E-state index in [1.54, 1.807) is 24.3 Å². The van der Waals surface area contributed by atoms with E-state index in [2.05, 4.69) is 86.6 Å². The Labute approximate surface area is 307 Å². The Morgan fingerprint density at radius 1 is 0.627 bits per heavy atom. The molecule has 1 aliphatic rings. The van der Waals surface area contributed by atoms with E-state index in [0.29, 0.717) is 24.9 Å². The van der Waals surface area contributed by atoms with Gasteiger partial charge in [0.2, 0.25) is 0 Å². The van der Waals surface area contributed by atoms with Crippen molar-refractivity contribution >= 4 is 0 Å². The van der Waals surface area contributed by atoms with Gasteiger partial charge < -0.3 is 29.5 Å². The molecule has 0 aliphatic carbocycles. The first-order chi connectivity index (χ1) is 24.1.